The molecule has 2 nitrogen and oxygen atoms in total. The number of hydrogen-bond acceptors (Lipinski definition) is 2. The van der Waals surface area contributed by atoms with Crippen LogP contribution in [0.5, 0.6) is 0 Å². The van der Waals surface area contributed by atoms with Gasteiger partial charge in [0.05, 0.1) is 5.92 Å². The highest BCUT2D eigenvalue weighted by atomic mass is 19.3. The van der Waals surface area contributed by atoms with Crippen LogP contribution < -0.4 is 0 Å². The zero-order chi connectivity index (χ0) is 15.1. The van der Waals surface area contributed by atoms with Crippen LogP contribution in [0.4, 0.5) is 8.78 Å². The Kier molecular flexibility index (Phi) is 5.67. The van der Waals surface area contributed by atoms with E-state index in [4.69, 9.17) is 4.74 Å². The predicted molar refractivity (Wildman–Crippen MR) is 76.6 cm³/mol. The van der Waals surface area contributed by atoms with E-state index in [1.165, 1.54) is 6.08 Å². The van der Waals surface area contributed by atoms with Crippen molar-refractivity contribution in [3.63, 3.8) is 0 Å². The van der Waals surface area contributed by atoms with Crippen molar-refractivity contribution in [2.75, 3.05) is 0 Å². The molecule has 0 amide bonds. The van der Waals surface area contributed by atoms with Crippen molar-refractivity contribution in [2.24, 2.45) is 5.92 Å². The third-order valence-electron chi connectivity index (χ3n) is 3.63. The van der Waals surface area contributed by atoms with Crippen molar-refractivity contribution in [2.45, 2.75) is 32.3 Å². The summed E-state index contributed by atoms with van der Waals surface area (Å²) in [6.45, 7) is 0.286. The van der Waals surface area contributed by atoms with Gasteiger partial charge in [0.2, 0.25) is 0 Å². The molecule has 0 aromatic heterocycles. The molecule has 21 heavy (non-hydrogen) atoms. The predicted octanol–water partition coefficient (Wildman–Crippen LogP) is 4.63. The summed E-state index contributed by atoms with van der Waals surface area (Å²) in [5.41, 5.74) is 1.93. The Balaban J connectivity index is 1.78. The van der Waals surface area contributed by atoms with Gasteiger partial charge in [-0.3, -0.25) is 4.79 Å². The van der Waals surface area contributed by atoms with Crippen LogP contribution in [-0.4, -0.2) is 5.97 Å². The van der Waals surface area contributed by atoms with Crippen LogP contribution in [0.25, 0.3) is 0 Å². The highest BCUT2D eigenvalue weighted by Crippen LogP contribution is 2.29. The van der Waals surface area contributed by atoms with Crippen molar-refractivity contribution in [1.29, 1.82) is 0 Å². The summed E-state index contributed by atoms with van der Waals surface area (Å²) >= 11 is 0. The molecule has 112 valence electrons. The minimum atomic E-state index is -1.69. The Hall–Kier alpha value is -1.97. The molecule has 0 N–H and O–H groups in total. The fourth-order valence-electron chi connectivity index (χ4n) is 2.42. The molecule has 1 aromatic rings. The molecular formula is C17H18F2O2. The fourth-order valence-corrected chi connectivity index (χ4v) is 2.42. The Morgan fingerprint density at radius 1 is 1.19 bits per heavy atom. The first-order chi connectivity index (χ1) is 10.1. The summed E-state index contributed by atoms with van der Waals surface area (Å²) < 4.78 is 29.3. The zero-order valence-corrected chi connectivity index (χ0v) is 11.7. The van der Waals surface area contributed by atoms with Gasteiger partial charge in [0.25, 0.3) is 6.08 Å². The normalized spacial score (nSPS) is 18.0. The molecule has 1 aliphatic carbocycles. The lowest BCUT2D eigenvalue weighted by Gasteiger charge is -2.22. The van der Waals surface area contributed by atoms with Crippen LogP contribution in [0.2, 0.25) is 0 Å². The van der Waals surface area contributed by atoms with E-state index in [9.17, 15) is 13.6 Å². The quantitative estimate of drug-likeness (QED) is 0.756. The van der Waals surface area contributed by atoms with E-state index in [1.807, 2.05) is 30.3 Å². The lowest BCUT2D eigenvalue weighted by molar-refractivity contribution is -0.150. The van der Waals surface area contributed by atoms with Gasteiger partial charge in [-0.05, 0) is 31.2 Å². The summed E-state index contributed by atoms with van der Waals surface area (Å²) in [5, 5.41) is 0. The SMILES string of the molecule is O=C(OCc1ccccc1)C1CCC(=CC=C(F)F)CC1. The van der Waals surface area contributed by atoms with E-state index in [-0.39, 0.29) is 18.5 Å². The average Bonchev–Trinajstić information content (AvgIpc) is 2.52. The lowest BCUT2D eigenvalue weighted by atomic mass is 9.86. The molecule has 1 aliphatic rings. The largest absolute Gasteiger partial charge is 0.461 e. The maximum Gasteiger partial charge on any atom is 0.309 e. The van der Waals surface area contributed by atoms with Crippen molar-refractivity contribution in [3.05, 3.63) is 59.7 Å². The molecule has 4 heteroatoms. The maximum atomic E-state index is 12.0. The van der Waals surface area contributed by atoms with Crippen LogP contribution in [0, 0.1) is 5.92 Å². The summed E-state index contributed by atoms with van der Waals surface area (Å²) in [5.74, 6) is -0.310. The molecule has 1 saturated carbocycles. The third-order valence-corrected chi connectivity index (χ3v) is 3.63. The van der Waals surface area contributed by atoms with Crippen LogP contribution in [0.15, 0.2) is 54.1 Å². The number of esters is 1. The van der Waals surface area contributed by atoms with Gasteiger partial charge in [-0.2, -0.15) is 8.78 Å². The minimum Gasteiger partial charge on any atom is -0.461 e. The molecule has 1 fully saturated rings. The number of halogens is 2. The van der Waals surface area contributed by atoms with Gasteiger partial charge in [-0.1, -0.05) is 42.0 Å². The van der Waals surface area contributed by atoms with E-state index in [0.29, 0.717) is 25.7 Å². The molecule has 0 atom stereocenters. The highest BCUT2D eigenvalue weighted by Gasteiger charge is 2.24. The maximum absolute atomic E-state index is 12.0. The van der Waals surface area contributed by atoms with Crippen molar-refractivity contribution >= 4 is 5.97 Å². The van der Waals surface area contributed by atoms with Crippen molar-refractivity contribution in [1.82, 2.24) is 0 Å². The second-order valence-electron chi connectivity index (χ2n) is 5.15. The molecule has 0 saturated heterocycles. The fraction of sp³-hybridized carbons (Fsp3) is 0.353. The first-order valence-corrected chi connectivity index (χ1v) is 7.06. The van der Waals surface area contributed by atoms with Gasteiger partial charge in [-0.25, -0.2) is 0 Å². The van der Waals surface area contributed by atoms with Crippen molar-refractivity contribution in [3.8, 4) is 0 Å². The number of allylic oxidation sites excluding steroid dienone is 3. The first kappa shape index (κ1) is 15.4. The summed E-state index contributed by atoms with van der Waals surface area (Å²) in [4.78, 5) is 12.0. The van der Waals surface area contributed by atoms with E-state index in [1.54, 1.807) is 0 Å². The Labute approximate surface area is 123 Å². The Morgan fingerprint density at radius 2 is 1.86 bits per heavy atom. The van der Waals surface area contributed by atoms with Crippen LogP contribution in [-0.2, 0) is 16.1 Å². The summed E-state index contributed by atoms with van der Waals surface area (Å²) in [6.07, 6.45) is 3.28. The molecule has 0 radical (unpaired) electrons. The summed E-state index contributed by atoms with van der Waals surface area (Å²) in [7, 11) is 0. The summed E-state index contributed by atoms with van der Waals surface area (Å²) in [6, 6.07) is 9.53. The monoisotopic (exact) mass is 292 g/mol. The number of carbonyl (C=O) groups is 1. The topological polar surface area (TPSA) is 26.3 Å². The van der Waals surface area contributed by atoms with E-state index in [2.05, 4.69) is 0 Å². The van der Waals surface area contributed by atoms with Gasteiger partial charge < -0.3 is 4.74 Å². The molecule has 2 rings (SSSR count). The average molecular weight is 292 g/mol. The Morgan fingerprint density at radius 3 is 2.48 bits per heavy atom. The molecule has 0 unspecified atom stereocenters. The number of hydrogen-bond donors (Lipinski definition) is 0. The van der Waals surface area contributed by atoms with Gasteiger partial charge in [-0.15, -0.1) is 0 Å². The molecule has 0 spiro atoms. The number of benzene rings is 1. The zero-order valence-electron chi connectivity index (χ0n) is 11.7. The highest BCUT2D eigenvalue weighted by molar-refractivity contribution is 5.72. The lowest BCUT2D eigenvalue weighted by Crippen LogP contribution is -2.21. The second-order valence-corrected chi connectivity index (χ2v) is 5.15. The second kappa shape index (κ2) is 7.72. The van der Waals surface area contributed by atoms with E-state index in [0.717, 1.165) is 17.2 Å². The molecule has 1 aromatic carbocycles. The standard InChI is InChI=1S/C17H18F2O2/c18-16(19)11-8-13-6-9-15(10-7-13)17(20)21-12-14-4-2-1-3-5-14/h1-5,8,11,15H,6-7,9-10,12H2. The van der Waals surface area contributed by atoms with E-state index < -0.39 is 6.08 Å². The molecule has 0 aliphatic heterocycles. The molecule has 0 bridgehead atoms. The van der Waals surface area contributed by atoms with Crippen molar-refractivity contribution < 1.29 is 18.3 Å². The first-order valence-electron chi connectivity index (χ1n) is 7.06. The van der Waals surface area contributed by atoms with Crippen LogP contribution >= 0.6 is 0 Å². The van der Waals surface area contributed by atoms with Gasteiger partial charge in [0.15, 0.2) is 0 Å². The minimum absolute atomic E-state index is 0.120. The van der Waals surface area contributed by atoms with Gasteiger partial charge in [0.1, 0.15) is 6.61 Å². The van der Waals surface area contributed by atoms with E-state index >= 15 is 0 Å². The number of ether oxygens (including phenoxy) is 1. The van der Waals surface area contributed by atoms with Crippen LogP contribution in [0.1, 0.15) is 31.2 Å². The smallest absolute Gasteiger partial charge is 0.309 e. The number of rotatable bonds is 4. The van der Waals surface area contributed by atoms with Gasteiger partial charge >= 0.3 is 5.97 Å². The van der Waals surface area contributed by atoms with Crippen LogP contribution in [0.3, 0.4) is 0 Å². The molecular weight excluding hydrogens is 274 g/mol. The third kappa shape index (κ3) is 5.14. The molecule has 0 heterocycles. The van der Waals surface area contributed by atoms with Gasteiger partial charge in [0, 0.05) is 6.08 Å². The number of carbonyl (C=O) groups excluding carboxylic acids is 1. The Bertz CT molecular complexity index is 521.